The first kappa shape index (κ1) is 11.2. The molecule has 0 aromatic carbocycles. The molecule has 0 saturated heterocycles. The number of rotatable bonds is 3. The van der Waals surface area contributed by atoms with Gasteiger partial charge < -0.3 is 5.73 Å². The molecule has 0 fully saturated rings. The van der Waals surface area contributed by atoms with E-state index in [9.17, 15) is 4.79 Å². The van der Waals surface area contributed by atoms with Crippen LogP contribution in [0.4, 0.5) is 0 Å². The van der Waals surface area contributed by atoms with E-state index in [2.05, 4.69) is 5.10 Å². The molecule has 4 nitrogen and oxygen atoms in total. The van der Waals surface area contributed by atoms with Crippen molar-refractivity contribution in [3.8, 4) is 0 Å². The molecule has 1 rings (SSSR count). The van der Waals surface area contributed by atoms with Crippen molar-refractivity contribution in [2.45, 2.75) is 26.3 Å². The molecule has 0 saturated carbocycles. The number of Topliss-reactive ketones (excluding diaryl/α,β-unsaturated/α-hetero) is 1. The molecule has 0 aliphatic carbocycles. The SMILES string of the molecule is Cc1nn(C)c(Cl)c1CC(=O)C(C)N. The van der Waals surface area contributed by atoms with Crippen molar-refractivity contribution >= 4 is 17.4 Å². The van der Waals surface area contributed by atoms with Crippen LogP contribution in [0.25, 0.3) is 0 Å². The van der Waals surface area contributed by atoms with Gasteiger partial charge in [-0.15, -0.1) is 0 Å². The van der Waals surface area contributed by atoms with Crippen LogP contribution >= 0.6 is 11.6 Å². The lowest BCUT2D eigenvalue weighted by Crippen LogP contribution is -2.28. The Bertz CT molecular complexity index is 357. The monoisotopic (exact) mass is 215 g/mol. The summed E-state index contributed by atoms with van der Waals surface area (Å²) >= 11 is 5.97. The quantitative estimate of drug-likeness (QED) is 0.813. The minimum atomic E-state index is -0.453. The summed E-state index contributed by atoms with van der Waals surface area (Å²) in [5, 5.41) is 4.63. The number of nitrogens with two attached hydrogens (primary N) is 1. The summed E-state index contributed by atoms with van der Waals surface area (Å²) in [6.45, 7) is 3.50. The first-order chi connectivity index (χ1) is 6.43. The van der Waals surface area contributed by atoms with E-state index in [1.54, 1.807) is 18.7 Å². The van der Waals surface area contributed by atoms with Crippen LogP contribution in [0.3, 0.4) is 0 Å². The summed E-state index contributed by atoms with van der Waals surface area (Å²) in [4.78, 5) is 11.4. The first-order valence-electron chi connectivity index (χ1n) is 4.39. The summed E-state index contributed by atoms with van der Waals surface area (Å²) in [6.07, 6.45) is 0.260. The molecule has 0 radical (unpaired) electrons. The van der Waals surface area contributed by atoms with E-state index in [0.29, 0.717) is 5.15 Å². The lowest BCUT2D eigenvalue weighted by Gasteiger charge is -2.03. The summed E-state index contributed by atoms with van der Waals surface area (Å²) in [7, 11) is 1.75. The molecule has 14 heavy (non-hydrogen) atoms. The fourth-order valence-corrected chi connectivity index (χ4v) is 1.45. The van der Waals surface area contributed by atoms with Gasteiger partial charge in [0.05, 0.1) is 11.7 Å². The highest BCUT2D eigenvalue weighted by Crippen LogP contribution is 2.19. The van der Waals surface area contributed by atoms with Crippen molar-refractivity contribution < 1.29 is 4.79 Å². The maximum atomic E-state index is 11.4. The molecule has 0 spiro atoms. The summed E-state index contributed by atoms with van der Waals surface area (Å²) in [5.74, 6) is -0.0250. The Labute approximate surface area is 88.0 Å². The van der Waals surface area contributed by atoms with Crippen molar-refractivity contribution in [2.75, 3.05) is 0 Å². The molecular formula is C9H14ClN3O. The van der Waals surface area contributed by atoms with Gasteiger partial charge in [-0.05, 0) is 13.8 Å². The molecule has 0 bridgehead atoms. The number of aromatic nitrogens is 2. The lowest BCUT2D eigenvalue weighted by molar-refractivity contribution is -0.119. The maximum Gasteiger partial charge on any atom is 0.153 e. The van der Waals surface area contributed by atoms with E-state index in [-0.39, 0.29) is 12.2 Å². The first-order valence-corrected chi connectivity index (χ1v) is 4.77. The summed E-state index contributed by atoms with van der Waals surface area (Å²) in [5.41, 5.74) is 7.03. The predicted molar refractivity (Wildman–Crippen MR) is 55.3 cm³/mol. The van der Waals surface area contributed by atoms with Crippen LogP contribution in [0.5, 0.6) is 0 Å². The van der Waals surface area contributed by atoms with Crippen molar-refractivity contribution in [3.05, 3.63) is 16.4 Å². The number of hydrogen-bond acceptors (Lipinski definition) is 3. The van der Waals surface area contributed by atoms with E-state index < -0.39 is 6.04 Å². The van der Waals surface area contributed by atoms with Gasteiger partial charge in [0.1, 0.15) is 5.15 Å². The Morgan fingerprint density at radius 1 is 1.71 bits per heavy atom. The van der Waals surface area contributed by atoms with Gasteiger partial charge in [0.25, 0.3) is 0 Å². The van der Waals surface area contributed by atoms with Gasteiger partial charge in [0.2, 0.25) is 0 Å². The topological polar surface area (TPSA) is 60.9 Å². The molecule has 0 aliphatic rings. The maximum absolute atomic E-state index is 11.4. The number of carbonyl (C=O) groups excluding carboxylic acids is 1. The third-order valence-electron chi connectivity index (χ3n) is 2.13. The minimum absolute atomic E-state index is 0.0250. The molecule has 1 aromatic rings. The second-order valence-corrected chi connectivity index (χ2v) is 3.77. The zero-order chi connectivity index (χ0) is 10.9. The number of carbonyl (C=O) groups is 1. The third kappa shape index (κ3) is 2.13. The highest BCUT2D eigenvalue weighted by molar-refractivity contribution is 6.30. The van der Waals surface area contributed by atoms with Crippen molar-refractivity contribution in [1.29, 1.82) is 0 Å². The minimum Gasteiger partial charge on any atom is -0.322 e. The Kier molecular flexibility index (Phi) is 3.29. The Morgan fingerprint density at radius 3 is 2.64 bits per heavy atom. The second kappa shape index (κ2) is 4.11. The van der Waals surface area contributed by atoms with Crippen molar-refractivity contribution in [3.63, 3.8) is 0 Å². The lowest BCUT2D eigenvalue weighted by atomic mass is 10.1. The highest BCUT2D eigenvalue weighted by Gasteiger charge is 2.16. The van der Waals surface area contributed by atoms with Gasteiger partial charge in [-0.1, -0.05) is 11.6 Å². The van der Waals surface area contributed by atoms with Crippen LogP contribution in [-0.4, -0.2) is 21.6 Å². The molecule has 1 atom stereocenters. The fourth-order valence-electron chi connectivity index (χ4n) is 1.21. The molecule has 2 N–H and O–H groups in total. The zero-order valence-corrected chi connectivity index (χ0v) is 9.30. The fraction of sp³-hybridized carbons (Fsp3) is 0.556. The number of ketones is 1. The normalized spacial score (nSPS) is 12.9. The smallest absolute Gasteiger partial charge is 0.153 e. The number of halogens is 1. The van der Waals surface area contributed by atoms with Gasteiger partial charge in [0, 0.05) is 19.0 Å². The average molecular weight is 216 g/mol. The van der Waals surface area contributed by atoms with Gasteiger partial charge in [0.15, 0.2) is 5.78 Å². The Balaban J connectivity index is 2.92. The molecule has 1 unspecified atom stereocenters. The van der Waals surface area contributed by atoms with E-state index in [1.165, 1.54) is 0 Å². The standard InChI is InChI=1S/C9H14ClN3O/c1-5(11)8(14)4-7-6(2)12-13(3)9(7)10/h5H,4,11H2,1-3H3. The van der Waals surface area contributed by atoms with Crippen LogP contribution < -0.4 is 5.73 Å². The Morgan fingerprint density at radius 2 is 2.29 bits per heavy atom. The zero-order valence-electron chi connectivity index (χ0n) is 8.54. The van der Waals surface area contributed by atoms with E-state index in [0.717, 1.165) is 11.3 Å². The van der Waals surface area contributed by atoms with Crippen LogP contribution in [0.1, 0.15) is 18.2 Å². The highest BCUT2D eigenvalue weighted by atomic mass is 35.5. The van der Waals surface area contributed by atoms with E-state index >= 15 is 0 Å². The van der Waals surface area contributed by atoms with Crippen LogP contribution in [0.2, 0.25) is 5.15 Å². The molecule has 5 heteroatoms. The molecule has 78 valence electrons. The van der Waals surface area contributed by atoms with Gasteiger partial charge in [-0.3, -0.25) is 9.48 Å². The predicted octanol–water partition coefficient (Wildman–Crippen LogP) is 0.841. The van der Waals surface area contributed by atoms with Gasteiger partial charge in [-0.2, -0.15) is 5.10 Å². The summed E-state index contributed by atoms with van der Waals surface area (Å²) in [6, 6.07) is -0.453. The van der Waals surface area contributed by atoms with Crippen LogP contribution in [0, 0.1) is 6.92 Å². The number of nitrogens with zero attached hydrogens (tertiary/aromatic N) is 2. The third-order valence-corrected chi connectivity index (χ3v) is 2.60. The summed E-state index contributed by atoms with van der Waals surface area (Å²) < 4.78 is 1.56. The van der Waals surface area contributed by atoms with Gasteiger partial charge in [-0.25, -0.2) is 0 Å². The van der Waals surface area contributed by atoms with E-state index in [4.69, 9.17) is 17.3 Å². The molecule has 1 heterocycles. The van der Waals surface area contributed by atoms with Gasteiger partial charge >= 0.3 is 0 Å². The molecule has 1 aromatic heterocycles. The molecule has 0 amide bonds. The second-order valence-electron chi connectivity index (χ2n) is 3.41. The Hall–Kier alpha value is -0.870. The number of hydrogen-bond donors (Lipinski definition) is 1. The van der Waals surface area contributed by atoms with Crippen LogP contribution in [0.15, 0.2) is 0 Å². The average Bonchev–Trinajstić information content (AvgIpc) is 2.32. The number of aryl methyl sites for hydroxylation is 2. The largest absolute Gasteiger partial charge is 0.322 e. The van der Waals surface area contributed by atoms with Crippen molar-refractivity contribution in [1.82, 2.24) is 9.78 Å². The molecular weight excluding hydrogens is 202 g/mol. The van der Waals surface area contributed by atoms with E-state index in [1.807, 2.05) is 6.92 Å². The molecule has 0 aliphatic heterocycles. The van der Waals surface area contributed by atoms with Crippen molar-refractivity contribution in [2.24, 2.45) is 12.8 Å². The van der Waals surface area contributed by atoms with Crippen LogP contribution in [-0.2, 0) is 18.3 Å².